The Hall–Kier alpha value is -1.44. The third-order valence-electron chi connectivity index (χ3n) is 2.60. The van der Waals surface area contributed by atoms with E-state index in [1.165, 1.54) is 0 Å². The average molecular weight is 286 g/mol. The minimum atomic E-state index is 0.0148. The second kappa shape index (κ2) is 6.65. The van der Waals surface area contributed by atoms with Crippen molar-refractivity contribution in [2.75, 3.05) is 32.2 Å². The van der Waals surface area contributed by atoms with E-state index in [2.05, 4.69) is 20.3 Å². The summed E-state index contributed by atoms with van der Waals surface area (Å²) in [4.78, 5) is 12.4. The Bertz CT molecular complexity index is 545. The Kier molecular flexibility index (Phi) is 4.89. The summed E-state index contributed by atoms with van der Waals surface area (Å²) in [5, 5.41) is 12.0. The number of hydrogen-bond acceptors (Lipinski definition) is 6. The van der Waals surface area contributed by atoms with Crippen LogP contribution in [-0.4, -0.2) is 51.5 Å². The van der Waals surface area contributed by atoms with E-state index < -0.39 is 0 Å². The maximum absolute atomic E-state index is 8.88. The molecule has 2 heterocycles. The molecular weight excluding hydrogens is 270 g/mol. The zero-order chi connectivity index (χ0) is 13.7. The van der Waals surface area contributed by atoms with Gasteiger partial charge in [-0.25, -0.2) is 4.98 Å². The number of halogens is 1. The summed E-state index contributed by atoms with van der Waals surface area (Å²) in [6, 6.07) is 0. The van der Waals surface area contributed by atoms with Gasteiger partial charge in [-0.3, -0.25) is 0 Å². The van der Waals surface area contributed by atoms with Crippen molar-refractivity contribution in [3.63, 3.8) is 0 Å². The number of anilines is 1. The predicted molar refractivity (Wildman–Crippen MR) is 72.4 cm³/mol. The fourth-order valence-corrected chi connectivity index (χ4v) is 1.96. The largest absolute Gasteiger partial charge is 0.395 e. The van der Waals surface area contributed by atoms with Crippen molar-refractivity contribution in [2.24, 2.45) is 0 Å². The number of aliphatic hydroxyl groups is 1. The highest BCUT2D eigenvalue weighted by molar-refractivity contribution is 6.28. The average Bonchev–Trinajstić information content (AvgIpc) is 2.79. The monoisotopic (exact) mass is 285 g/mol. The fourth-order valence-electron chi connectivity index (χ4n) is 1.80. The van der Waals surface area contributed by atoms with Gasteiger partial charge in [0.1, 0.15) is 5.52 Å². The third-order valence-corrected chi connectivity index (χ3v) is 2.77. The summed E-state index contributed by atoms with van der Waals surface area (Å²) in [7, 11) is 1.67. The maximum Gasteiger partial charge on any atom is 0.226 e. The van der Waals surface area contributed by atoms with Gasteiger partial charge in [0.05, 0.1) is 12.9 Å². The standard InChI is InChI=1S/C11H16ClN5O2/c1-19-6-2-4-17-7-14-10-8(17)9(13-3-5-18)15-11(12)16-10/h7,18H,2-6H2,1H3,(H,13,15,16). The Morgan fingerprint density at radius 1 is 1.47 bits per heavy atom. The lowest BCUT2D eigenvalue weighted by molar-refractivity contribution is 0.190. The van der Waals surface area contributed by atoms with Crippen LogP contribution < -0.4 is 5.32 Å². The first-order valence-electron chi connectivity index (χ1n) is 5.98. The maximum atomic E-state index is 8.88. The molecular formula is C11H16ClN5O2. The zero-order valence-corrected chi connectivity index (χ0v) is 11.4. The number of ether oxygens (including phenoxy) is 1. The van der Waals surface area contributed by atoms with Gasteiger partial charge < -0.3 is 19.7 Å². The molecule has 0 saturated carbocycles. The Morgan fingerprint density at radius 3 is 3.05 bits per heavy atom. The molecule has 0 aliphatic heterocycles. The molecule has 0 atom stereocenters. The first kappa shape index (κ1) is 14.0. The van der Waals surface area contributed by atoms with Crippen molar-refractivity contribution in [1.29, 1.82) is 0 Å². The number of fused-ring (bicyclic) bond motifs is 1. The van der Waals surface area contributed by atoms with Gasteiger partial charge in [-0.05, 0) is 18.0 Å². The Balaban J connectivity index is 2.31. The highest BCUT2D eigenvalue weighted by Gasteiger charge is 2.12. The lowest BCUT2D eigenvalue weighted by atomic mass is 10.4. The molecule has 19 heavy (non-hydrogen) atoms. The molecule has 0 aromatic carbocycles. The number of imidazole rings is 1. The second-order valence-corrected chi connectivity index (χ2v) is 4.29. The minimum Gasteiger partial charge on any atom is -0.395 e. The zero-order valence-electron chi connectivity index (χ0n) is 10.6. The quantitative estimate of drug-likeness (QED) is 0.581. The molecule has 2 aromatic rings. The summed E-state index contributed by atoms with van der Waals surface area (Å²) < 4.78 is 6.98. The van der Waals surface area contributed by atoms with E-state index >= 15 is 0 Å². The summed E-state index contributed by atoms with van der Waals surface area (Å²) in [6.07, 6.45) is 2.57. The normalized spacial score (nSPS) is 11.1. The van der Waals surface area contributed by atoms with E-state index in [9.17, 15) is 0 Å². The molecule has 0 unspecified atom stereocenters. The van der Waals surface area contributed by atoms with Crippen molar-refractivity contribution in [3.05, 3.63) is 11.6 Å². The van der Waals surface area contributed by atoms with Crippen LogP contribution in [0.4, 0.5) is 5.82 Å². The van der Waals surface area contributed by atoms with Crippen molar-refractivity contribution >= 4 is 28.6 Å². The lowest BCUT2D eigenvalue weighted by Gasteiger charge is -2.09. The number of hydrogen-bond donors (Lipinski definition) is 2. The van der Waals surface area contributed by atoms with Crippen molar-refractivity contribution < 1.29 is 9.84 Å². The van der Waals surface area contributed by atoms with E-state index in [-0.39, 0.29) is 11.9 Å². The SMILES string of the molecule is COCCCn1cnc2nc(Cl)nc(NCCO)c21. The number of nitrogens with zero attached hydrogens (tertiary/aromatic N) is 4. The van der Waals surface area contributed by atoms with Crippen molar-refractivity contribution in [2.45, 2.75) is 13.0 Å². The van der Waals surface area contributed by atoms with Crippen LogP contribution in [-0.2, 0) is 11.3 Å². The van der Waals surface area contributed by atoms with Gasteiger partial charge in [-0.1, -0.05) is 0 Å². The molecule has 0 aliphatic carbocycles. The summed E-state index contributed by atoms with van der Waals surface area (Å²) in [5.74, 6) is 0.582. The summed E-state index contributed by atoms with van der Waals surface area (Å²) in [6.45, 7) is 1.84. The van der Waals surface area contributed by atoms with E-state index in [4.69, 9.17) is 21.4 Å². The van der Waals surface area contributed by atoms with Crippen molar-refractivity contribution in [3.8, 4) is 0 Å². The Morgan fingerprint density at radius 2 is 2.32 bits per heavy atom. The van der Waals surface area contributed by atoms with E-state index in [0.717, 1.165) is 18.5 Å². The van der Waals surface area contributed by atoms with Crippen LogP contribution in [0.5, 0.6) is 0 Å². The minimum absolute atomic E-state index is 0.0148. The molecule has 0 amide bonds. The van der Waals surface area contributed by atoms with Gasteiger partial charge in [0.15, 0.2) is 11.5 Å². The van der Waals surface area contributed by atoms with E-state index in [1.807, 2.05) is 4.57 Å². The first-order chi connectivity index (χ1) is 9.26. The van der Waals surface area contributed by atoms with Crippen LogP contribution in [0.1, 0.15) is 6.42 Å². The number of rotatable bonds is 7. The molecule has 0 spiro atoms. The molecule has 2 aromatic heterocycles. The second-order valence-electron chi connectivity index (χ2n) is 3.95. The van der Waals surface area contributed by atoms with Crippen LogP contribution in [0.15, 0.2) is 6.33 Å². The predicted octanol–water partition coefficient (Wildman–Crippen LogP) is 0.920. The van der Waals surface area contributed by atoms with Crippen LogP contribution in [0.25, 0.3) is 11.2 Å². The third kappa shape index (κ3) is 3.31. The Labute approximate surface area is 115 Å². The molecule has 7 nitrogen and oxygen atoms in total. The van der Waals surface area contributed by atoms with Crippen LogP contribution in [0.2, 0.25) is 5.28 Å². The molecule has 2 N–H and O–H groups in total. The van der Waals surface area contributed by atoms with E-state index in [0.29, 0.717) is 24.6 Å². The molecule has 2 rings (SSSR count). The molecule has 0 radical (unpaired) electrons. The van der Waals surface area contributed by atoms with Crippen LogP contribution >= 0.6 is 11.6 Å². The van der Waals surface area contributed by atoms with Crippen LogP contribution in [0.3, 0.4) is 0 Å². The van der Waals surface area contributed by atoms with Gasteiger partial charge >= 0.3 is 0 Å². The van der Waals surface area contributed by atoms with Gasteiger partial charge in [-0.15, -0.1) is 0 Å². The molecule has 0 saturated heterocycles. The highest BCUT2D eigenvalue weighted by Crippen LogP contribution is 2.21. The number of aromatic nitrogens is 4. The molecule has 0 aliphatic rings. The number of aryl methyl sites for hydroxylation is 1. The van der Waals surface area contributed by atoms with Gasteiger partial charge in [-0.2, -0.15) is 9.97 Å². The number of aliphatic hydroxyl groups excluding tert-OH is 1. The summed E-state index contributed by atoms with van der Waals surface area (Å²) >= 11 is 5.84. The highest BCUT2D eigenvalue weighted by atomic mass is 35.5. The lowest BCUT2D eigenvalue weighted by Crippen LogP contribution is -2.10. The first-order valence-corrected chi connectivity index (χ1v) is 6.36. The smallest absolute Gasteiger partial charge is 0.226 e. The van der Waals surface area contributed by atoms with Gasteiger partial charge in [0, 0.05) is 26.8 Å². The van der Waals surface area contributed by atoms with Gasteiger partial charge in [0.2, 0.25) is 5.28 Å². The number of nitrogens with one attached hydrogen (secondary N) is 1. The van der Waals surface area contributed by atoms with Gasteiger partial charge in [0.25, 0.3) is 0 Å². The molecule has 104 valence electrons. The van der Waals surface area contributed by atoms with E-state index in [1.54, 1.807) is 13.4 Å². The summed E-state index contributed by atoms with van der Waals surface area (Å²) in [5.41, 5.74) is 1.33. The van der Waals surface area contributed by atoms with Crippen molar-refractivity contribution in [1.82, 2.24) is 19.5 Å². The topological polar surface area (TPSA) is 85.1 Å². The molecule has 0 bridgehead atoms. The fraction of sp³-hybridized carbons (Fsp3) is 0.545. The number of methoxy groups -OCH3 is 1. The molecule has 8 heteroatoms. The van der Waals surface area contributed by atoms with Crippen LogP contribution in [0, 0.1) is 0 Å². The molecule has 0 fully saturated rings.